The zero-order valence-electron chi connectivity index (χ0n) is 20.1. The number of halogens is 5. The summed E-state index contributed by atoms with van der Waals surface area (Å²) in [6.07, 6.45) is 1.37. The molecule has 0 aliphatic carbocycles. The lowest BCUT2D eigenvalue weighted by Crippen LogP contribution is -2.19. The van der Waals surface area contributed by atoms with E-state index in [9.17, 15) is 9.59 Å². The summed E-state index contributed by atoms with van der Waals surface area (Å²) in [5.41, 5.74) is 5.38. The lowest BCUT2D eigenvalue weighted by molar-refractivity contribution is 0.0733. The Balaban J connectivity index is 1.46. The molecule has 1 amide bonds. The van der Waals surface area contributed by atoms with Gasteiger partial charge in [-0.15, -0.1) is 0 Å². The number of hydrogen-bond acceptors (Lipinski definition) is 4. The number of nitrogens with zero attached hydrogens (tertiary/aromatic N) is 1. The number of H-pyrrole nitrogens is 1. The van der Waals surface area contributed by atoms with Crippen LogP contribution >= 0.6 is 66.7 Å². The average molecular weight is 721 g/mol. The highest BCUT2D eigenvalue weighted by Crippen LogP contribution is 2.38. The zero-order chi connectivity index (χ0) is 28.4. The van der Waals surface area contributed by atoms with Crippen molar-refractivity contribution < 1.29 is 14.3 Å². The Morgan fingerprint density at radius 2 is 1.62 bits per heavy atom. The molecule has 1 aromatic heterocycles. The molecule has 0 saturated heterocycles. The molecule has 40 heavy (non-hydrogen) atoms. The first-order chi connectivity index (χ1) is 19.2. The van der Waals surface area contributed by atoms with Gasteiger partial charge in [-0.2, -0.15) is 5.10 Å². The number of rotatable bonds is 6. The molecule has 0 fully saturated rings. The van der Waals surface area contributed by atoms with Crippen LogP contribution in [0.5, 0.6) is 5.75 Å². The fourth-order valence-electron chi connectivity index (χ4n) is 4.05. The summed E-state index contributed by atoms with van der Waals surface area (Å²) in [5.74, 6) is -0.960. The monoisotopic (exact) mass is 717 g/mol. The molecule has 2 N–H and O–H groups in total. The summed E-state index contributed by atoms with van der Waals surface area (Å²) >= 11 is 25.8. The number of carbonyl (C=O) groups excluding carboxylic acids is 2. The molecule has 0 aliphatic rings. The highest BCUT2D eigenvalue weighted by atomic mass is 79.9. The number of hydrogen-bond donors (Lipinski definition) is 2. The normalized spacial score (nSPS) is 11.2. The molecule has 5 aromatic rings. The largest absolute Gasteiger partial charge is 0.421 e. The lowest BCUT2D eigenvalue weighted by Gasteiger charge is -2.11. The Bertz CT molecular complexity index is 1820. The molecule has 4 aromatic carbocycles. The van der Waals surface area contributed by atoms with Gasteiger partial charge in [-0.25, -0.2) is 10.2 Å². The first-order valence-corrected chi connectivity index (χ1v) is 14.3. The molecule has 0 saturated carbocycles. The summed E-state index contributed by atoms with van der Waals surface area (Å²) < 4.78 is 6.84. The van der Waals surface area contributed by atoms with Crippen LogP contribution in [0.4, 0.5) is 0 Å². The number of amides is 1. The zero-order valence-corrected chi connectivity index (χ0v) is 25.6. The van der Waals surface area contributed by atoms with Crippen LogP contribution in [0.2, 0.25) is 15.1 Å². The maximum atomic E-state index is 13.4. The second kappa shape index (κ2) is 12.2. The third-order valence-corrected chi connectivity index (χ3v) is 7.77. The molecule has 11 heteroatoms. The molecule has 0 radical (unpaired) electrons. The van der Waals surface area contributed by atoms with Crippen molar-refractivity contribution in [2.75, 3.05) is 0 Å². The predicted octanol–water partition coefficient (Wildman–Crippen LogP) is 9.30. The van der Waals surface area contributed by atoms with Crippen LogP contribution in [-0.2, 0) is 0 Å². The van der Waals surface area contributed by atoms with Crippen molar-refractivity contribution in [2.24, 2.45) is 5.10 Å². The van der Waals surface area contributed by atoms with Crippen LogP contribution in [0.15, 0.2) is 92.9 Å². The van der Waals surface area contributed by atoms with E-state index in [-0.39, 0.29) is 22.0 Å². The van der Waals surface area contributed by atoms with Gasteiger partial charge in [0, 0.05) is 42.1 Å². The van der Waals surface area contributed by atoms with Crippen molar-refractivity contribution in [3.8, 4) is 16.9 Å². The van der Waals surface area contributed by atoms with E-state index < -0.39 is 11.9 Å². The van der Waals surface area contributed by atoms with Gasteiger partial charge in [-0.1, -0.05) is 81.1 Å². The Morgan fingerprint density at radius 1 is 0.900 bits per heavy atom. The summed E-state index contributed by atoms with van der Waals surface area (Å²) in [5, 5.41) is 6.13. The second-order valence-corrected chi connectivity index (χ2v) is 11.4. The molecule has 6 nitrogen and oxygen atoms in total. The number of esters is 1. The molecular formula is C29H16Br2Cl3N3O3. The van der Waals surface area contributed by atoms with Gasteiger partial charge in [-0.3, -0.25) is 4.79 Å². The first-order valence-electron chi connectivity index (χ1n) is 11.6. The van der Waals surface area contributed by atoms with Crippen molar-refractivity contribution in [2.45, 2.75) is 0 Å². The summed E-state index contributed by atoms with van der Waals surface area (Å²) in [4.78, 5) is 29.3. The minimum atomic E-state index is -0.645. The third kappa shape index (κ3) is 5.96. The van der Waals surface area contributed by atoms with Gasteiger partial charge < -0.3 is 9.72 Å². The maximum Gasteiger partial charge on any atom is 0.345 e. The van der Waals surface area contributed by atoms with E-state index in [0.717, 1.165) is 5.39 Å². The molecule has 0 spiro atoms. The van der Waals surface area contributed by atoms with Crippen molar-refractivity contribution in [3.05, 3.63) is 120 Å². The summed E-state index contributed by atoms with van der Waals surface area (Å²) in [6.45, 7) is 0. The Morgan fingerprint density at radius 3 is 2.38 bits per heavy atom. The predicted molar refractivity (Wildman–Crippen MR) is 167 cm³/mol. The highest BCUT2D eigenvalue weighted by molar-refractivity contribution is 9.11. The number of ether oxygens (including phenoxy) is 1. The van der Waals surface area contributed by atoms with Gasteiger partial charge in [0.2, 0.25) is 0 Å². The Kier molecular flexibility index (Phi) is 8.63. The van der Waals surface area contributed by atoms with Crippen molar-refractivity contribution in [1.29, 1.82) is 0 Å². The van der Waals surface area contributed by atoms with Gasteiger partial charge in [-0.05, 0) is 64.5 Å². The van der Waals surface area contributed by atoms with Crippen LogP contribution in [0.3, 0.4) is 0 Å². The quantitative estimate of drug-likeness (QED) is 0.0794. The lowest BCUT2D eigenvalue weighted by atomic mass is 10.0. The van der Waals surface area contributed by atoms with Gasteiger partial charge >= 0.3 is 5.97 Å². The van der Waals surface area contributed by atoms with Gasteiger partial charge in [0.15, 0.2) is 5.75 Å². The number of carbonyl (C=O) groups is 2. The number of aromatic nitrogens is 1. The number of hydrazone groups is 1. The van der Waals surface area contributed by atoms with Crippen LogP contribution in [0.25, 0.3) is 22.0 Å². The minimum Gasteiger partial charge on any atom is -0.421 e. The van der Waals surface area contributed by atoms with Crippen molar-refractivity contribution >= 4 is 95.7 Å². The fraction of sp³-hybridized carbons (Fsp3) is 0. The molecule has 0 atom stereocenters. The number of benzene rings is 4. The average Bonchev–Trinajstić information content (AvgIpc) is 3.29. The second-order valence-electron chi connectivity index (χ2n) is 8.42. The minimum absolute atomic E-state index is 0.197. The molecule has 0 aliphatic heterocycles. The first kappa shape index (κ1) is 28.4. The van der Waals surface area contributed by atoms with E-state index in [1.807, 2.05) is 18.2 Å². The third-order valence-electron chi connectivity index (χ3n) is 5.83. The summed E-state index contributed by atoms with van der Waals surface area (Å²) in [6, 6.07) is 22.5. The number of nitrogens with one attached hydrogen (secondary N) is 2. The van der Waals surface area contributed by atoms with E-state index in [1.54, 1.807) is 60.7 Å². The van der Waals surface area contributed by atoms with E-state index >= 15 is 0 Å². The Labute approximate surface area is 260 Å². The number of fused-ring (bicyclic) bond motifs is 1. The molecule has 0 unspecified atom stereocenters. The maximum absolute atomic E-state index is 13.4. The topological polar surface area (TPSA) is 83.5 Å². The molecule has 200 valence electrons. The standard InChI is InChI=1S/C29H16Br2Cl3N3O3/c30-16-11-15(27(21(31)12-16)40-29(39)19-6-2-4-8-23(19)34)14-35-37-28(38)26-25(18-5-1-3-7-22(18)33)20-13-17(32)9-10-24(20)36-26/h1-14,36H,(H,37,38). The van der Waals surface area contributed by atoms with Crippen LogP contribution in [-0.4, -0.2) is 23.1 Å². The highest BCUT2D eigenvalue weighted by Gasteiger charge is 2.21. The van der Waals surface area contributed by atoms with Crippen LogP contribution < -0.4 is 10.2 Å². The van der Waals surface area contributed by atoms with Crippen LogP contribution in [0, 0.1) is 0 Å². The van der Waals surface area contributed by atoms with Crippen molar-refractivity contribution in [3.63, 3.8) is 0 Å². The van der Waals surface area contributed by atoms with Gasteiger partial charge in [0.1, 0.15) is 5.69 Å². The SMILES string of the molecule is O=C(Oc1c(Br)cc(Br)cc1C=NNC(=O)c1[nH]c2ccc(Cl)cc2c1-c1ccccc1Cl)c1ccccc1Cl. The smallest absolute Gasteiger partial charge is 0.345 e. The fourth-order valence-corrected chi connectivity index (χ4v) is 6.01. The molecular weight excluding hydrogens is 705 g/mol. The van der Waals surface area contributed by atoms with E-state index in [1.165, 1.54) is 6.21 Å². The number of aromatic amines is 1. The summed E-state index contributed by atoms with van der Waals surface area (Å²) in [7, 11) is 0. The van der Waals surface area contributed by atoms with Crippen LogP contribution in [0.1, 0.15) is 26.4 Å². The van der Waals surface area contributed by atoms with E-state index in [0.29, 0.717) is 41.2 Å². The Hall–Kier alpha value is -3.14. The van der Waals surface area contributed by atoms with Gasteiger partial charge in [0.25, 0.3) is 5.91 Å². The van der Waals surface area contributed by atoms with E-state index in [2.05, 4.69) is 47.4 Å². The van der Waals surface area contributed by atoms with E-state index in [4.69, 9.17) is 39.5 Å². The van der Waals surface area contributed by atoms with Crippen molar-refractivity contribution in [1.82, 2.24) is 10.4 Å². The van der Waals surface area contributed by atoms with Gasteiger partial charge in [0.05, 0.1) is 21.3 Å². The molecule has 0 bridgehead atoms. The molecule has 1 heterocycles. The molecule has 5 rings (SSSR count).